The highest BCUT2D eigenvalue weighted by atomic mass is 32.2. The molecule has 3 aromatic rings. The lowest BCUT2D eigenvalue weighted by Crippen LogP contribution is -2.18. The maximum Gasteiger partial charge on any atom is 0.276 e. The molecule has 0 aliphatic rings. The van der Waals surface area contributed by atoms with Gasteiger partial charge in [-0.25, -0.2) is 9.22 Å². The van der Waals surface area contributed by atoms with Crippen molar-refractivity contribution < 1.29 is 17.6 Å². The number of rotatable bonds is 6. The molecule has 28 heavy (non-hydrogen) atoms. The van der Waals surface area contributed by atoms with E-state index in [2.05, 4.69) is 25.4 Å². The fraction of sp³-hybridized carbons (Fsp3) is 0.0556. The molecule has 0 saturated heterocycles. The SMILES string of the molecule is CC(=O)Nc1ccc(S(=O)(=O)N/N=C\c2cn[nH]c2-c2ccc(F)cc2)cc1. The highest BCUT2D eigenvalue weighted by Gasteiger charge is 2.13. The molecule has 1 heterocycles. The van der Waals surface area contributed by atoms with Crippen molar-refractivity contribution in [3.63, 3.8) is 0 Å². The van der Waals surface area contributed by atoms with Crippen molar-refractivity contribution in [2.75, 3.05) is 5.32 Å². The number of aromatic nitrogens is 2. The summed E-state index contributed by atoms with van der Waals surface area (Å²) in [6.07, 6.45) is 2.77. The molecule has 2 aromatic carbocycles. The van der Waals surface area contributed by atoms with E-state index in [0.29, 0.717) is 22.5 Å². The molecule has 144 valence electrons. The summed E-state index contributed by atoms with van der Waals surface area (Å²) in [5, 5.41) is 13.0. The van der Waals surface area contributed by atoms with Crippen LogP contribution >= 0.6 is 0 Å². The van der Waals surface area contributed by atoms with E-state index in [1.54, 1.807) is 12.1 Å². The maximum atomic E-state index is 13.1. The molecule has 0 aliphatic carbocycles. The van der Waals surface area contributed by atoms with E-state index in [4.69, 9.17) is 0 Å². The monoisotopic (exact) mass is 401 g/mol. The van der Waals surface area contributed by atoms with Gasteiger partial charge in [0.25, 0.3) is 10.0 Å². The number of amides is 1. The third-order valence-corrected chi connectivity index (χ3v) is 4.90. The fourth-order valence-corrected chi connectivity index (χ4v) is 3.17. The van der Waals surface area contributed by atoms with Gasteiger partial charge < -0.3 is 5.32 Å². The molecule has 0 atom stereocenters. The Bertz CT molecular complexity index is 1110. The summed E-state index contributed by atoms with van der Waals surface area (Å²) >= 11 is 0. The number of hydrogen-bond donors (Lipinski definition) is 3. The summed E-state index contributed by atoms with van der Waals surface area (Å²) in [6, 6.07) is 11.4. The molecule has 3 rings (SSSR count). The van der Waals surface area contributed by atoms with Crippen LogP contribution in [0.5, 0.6) is 0 Å². The van der Waals surface area contributed by atoms with Gasteiger partial charge in [0.2, 0.25) is 5.91 Å². The molecule has 8 nitrogen and oxygen atoms in total. The van der Waals surface area contributed by atoms with Gasteiger partial charge in [0, 0.05) is 23.7 Å². The number of aromatic amines is 1. The van der Waals surface area contributed by atoms with Gasteiger partial charge in [0.05, 0.1) is 23.0 Å². The molecular formula is C18H16FN5O3S. The van der Waals surface area contributed by atoms with Gasteiger partial charge in [-0.05, 0) is 48.5 Å². The average molecular weight is 401 g/mol. The van der Waals surface area contributed by atoms with Crippen LogP contribution in [0.1, 0.15) is 12.5 Å². The zero-order chi connectivity index (χ0) is 20.1. The van der Waals surface area contributed by atoms with Gasteiger partial charge in [0.15, 0.2) is 0 Å². The van der Waals surface area contributed by atoms with Crippen LogP contribution in [0.15, 0.2) is 64.7 Å². The van der Waals surface area contributed by atoms with Crippen LogP contribution in [0, 0.1) is 5.82 Å². The van der Waals surface area contributed by atoms with E-state index in [-0.39, 0.29) is 16.6 Å². The fourth-order valence-electron chi connectivity index (χ4n) is 2.38. The second-order valence-corrected chi connectivity index (χ2v) is 7.43. The van der Waals surface area contributed by atoms with Crippen LogP contribution in [-0.4, -0.2) is 30.7 Å². The van der Waals surface area contributed by atoms with Gasteiger partial charge in [-0.1, -0.05) is 0 Å². The molecule has 3 N–H and O–H groups in total. The third-order valence-electron chi connectivity index (χ3n) is 3.66. The number of hydrogen-bond acceptors (Lipinski definition) is 5. The van der Waals surface area contributed by atoms with E-state index in [1.807, 2.05) is 0 Å². The molecule has 0 aliphatic heterocycles. The van der Waals surface area contributed by atoms with Crippen LogP contribution in [-0.2, 0) is 14.8 Å². The first-order valence-corrected chi connectivity index (χ1v) is 9.55. The van der Waals surface area contributed by atoms with Crippen LogP contribution in [0.2, 0.25) is 0 Å². The predicted octanol–water partition coefficient (Wildman–Crippen LogP) is 2.49. The maximum absolute atomic E-state index is 13.1. The molecule has 1 aromatic heterocycles. The number of carbonyl (C=O) groups is 1. The summed E-state index contributed by atoms with van der Waals surface area (Å²) in [6.45, 7) is 1.36. The minimum Gasteiger partial charge on any atom is -0.326 e. The largest absolute Gasteiger partial charge is 0.326 e. The third kappa shape index (κ3) is 4.60. The van der Waals surface area contributed by atoms with E-state index >= 15 is 0 Å². The van der Waals surface area contributed by atoms with E-state index in [9.17, 15) is 17.6 Å². The summed E-state index contributed by atoms with van der Waals surface area (Å²) < 4.78 is 37.7. The number of nitrogens with one attached hydrogen (secondary N) is 3. The lowest BCUT2D eigenvalue weighted by Gasteiger charge is -2.05. The normalized spacial score (nSPS) is 11.5. The molecule has 0 spiro atoms. The number of halogens is 1. The van der Waals surface area contributed by atoms with Crippen molar-refractivity contribution >= 4 is 27.8 Å². The highest BCUT2D eigenvalue weighted by molar-refractivity contribution is 7.89. The van der Waals surface area contributed by atoms with Crippen LogP contribution in [0.3, 0.4) is 0 Å². The Morgan fingerprint density at radius 1 is 1.14 bits per heavy atom. The molecular weight excluding hydrogens is 385 g/mol. The zero-order valence-electron chi connectivity index (χ0n) is 14.7. The Kier molecular flexibility index (Phi) is 5.50. The molecule has 10 heteroatoms. The van der Waals surface area contributed by atoms with Crippen LogP contribution < -0.4 is 10.1 Å². The van der Waals surface area contributed by atoms with Gasteiger partial charge >= 0.3 is 0 Å². The van der Waals surface area contributed by atoms with Crippen molar-refractivity contribution in [3.05, 3.63) is 66.1 Å². The molecule has 0 unspecified atom stereocenters. The van der Waals surface area contributed by atoms with Crippen molar-refractivity contribution in [2.45, 2.75) is 11.8 Å². The van der Waals surface area contributed by atoms with Crippen molar-refractivity contribution in [1.82, 2.24) is 15.0 Å². The van der Waals surface area contributed by atoms with E-state index < -0.39 is 10.0 Å². The number of sulfonamides is 1. The molecule has 0 saturated carbocycles. The average Bonchev–Trinajstić information content (AvgIpc) is 3.11. The number of nitrogens with zero attached hydrogens (tertiary/aromatic N) is 2. The first-order valence-electron chi connectivity index (χ1n) is 8.07. The topological polar surface area (TPSA) is 116 Å². The molecule has 0 fully saturated rings. The van der Waals surface area contributed by atoms with Crippen molar-refractivity contribution in [2.24, 2.45) is 5.10 Å². The smallest absolute Gasteiger partial charge is 0.276 e. The predicted molar refractivity (Wildman–Crippen MR) is 103 cm³/mol. The summed E-state index contributed by atoms with van der Waals surface area (Å²) in [7, 11) is -3.88. The van der Waals surface area contributed by atoms with Gasteiger partial charge in [-0.15, -0.1) is 0 Å². The number of carbonyl (C=O) groups excluding carboxylic acids is 1. The van der Waals surface area contributed by atoms with Crippen LogP contribution in [0.25, 0.3) is 11.3 Å². The lowest BCUT2D eigenvalue weighted by molar-refractivity contribution is -0.114. The number of H-pyrrole nitrogens is 1. The Balaban J connectivity index is 1.73. The lowest BCUT2D eigenvalue weighted by atomic mass is 10.1. The second kappa shape index (κ2) is 8.01. The van der Waals surface area contributed by atoms with Crippen molar-refractivity contribution in [3.8, 4) is 11.3 Å². The second-order valence-electron chi connectivity index (χ2n) is 5.77. The molecule has 0 radical (unpaired) electrons. The minimum absolute atomic E-state index is 0.00953. The van der Waals surface area contributed by atoms with Gasteiger partial charge in [0.1, 0.15) is 5.82 Å². The first-order chi connectivity index (χ1) is 13.3. The van der Waals surface area contributed by atoms with Crippen LogP contribution in [0.4, 0.5) is 10.1 Å². The highest BCUT2D eigenvalue weighted by Crippen LogP contribution is 2.20. The van der Waals surface area contributed by atoms with Crippen molar-refractivity contribution in [1.29, 1.82) is 0 Å². The first kappa shape index (κ1) is 19.2. The molecule has 1 amide bonds. The van der Waals surface area contributed by atoms with E-state index in [0.717, 1.165) is 0 Å². The van der Waals surface area contributed by atoms with Gasteiger partial charge in [-0.2, -0.15) is 18.6 Å². The standard InChI is InChI=1S/C18H16FN5O3S/c1-12(25)22-16-6-8-17(9-7-16)28(26,27)24-21-11-14-10-20-23-18(14)13-2-4-15(19)5-3-13/h2-11,24H,1H3,(H,20,23)(H,22,25)/b21-11-. The number of hydrazone groups is 1. The number of benzene rings is 2. The minimum atomic E-state index is -3.88. The quantitative estimate of drug-likeness (QED) is 0.435. The Labute approximate surface area is 160 Å². The summed E-state index contributed by atoms with van der Waals surface area (Å²) in [5.41, 5.74) is 2.26. The number of anilines is 1. The van der Waals surface area contributed by atoms with Gasteiger partial charge in [-0.3, -0.25) is 9.89 Å². The zero-order valence-corrected chi connectivity index (χ0v) is 15.5. The molecule has 0 bridgehead atoms. The summed E-state index contributed by atoms with van der Waals surface area (Å²) in [5.74, 6) is -0.619. The Morgan fingerprint density at radius 3 is 2.46 bits per heavy atom. The summed E-state index contributed by atoms with van der Waals surface area (Å²) in [4.78, 5) is 13.1. The Morgan fingerprint density at radius 2 is 1.82 bits per heavy atom. The van der Waals surface area contributed by atoms with E-state index in [1.165, 1.54) is 55.7 Å². The Hall–Kier alpha value is -3.53.